The maximum atomic E-state index is 13.0. The van der Waals surface area contributed by atoms with E-state index >= 15 is 0 Å². The number of halogens is 2. The van der Waals surface area contributed by atoms with Crippen molar-refractivity contribution in [2.24, 2.45) is 0 Å². The fraction of sp³-hybridized carbons (Fsp3) is 0.333. The molecule has 31 heavy (non-hydrogen) atoms. The summed E-state index contributed by atoms with van der Waals surface area (Å²) in [6, 6.07) is 10.5. The Hall–Kier alpha value is -3.01. The van der Waals surface area contributed by atoms with Crippen LogP contribution in [0.15, 0.2) is 53.9 Å². The van der Waals surface area contributed by atoms with E-state index in [0.29, 0.717) is 54.3 Å². The van der Waals surface area contributed by atoms with Crippen molar-refractivity contribution >= 4 is 34.6 Å². The minimum absolute atomic E-state index is 0.0317. The van der Waals surface area contributed by atoms with E-state index in [2.05, 4.69) is 15.3 Å². The molecule has 0 atom stereocenters. The normalized spacial score (nSPS) is 14.9. The van der Waals surface area contributed by atoms with Gasteiger partial charge in [-0.15, -0.1) is 0 Å². The number of alkyl halides is 2. The number of piperidine rings is 1. The Balaban J connectivity index is 1.38. The zero-order chi connectivity index (χ0) is 21.8. The quantitative estimate of drug-likeness (QED) is 0.590. The number of carbonyl (C=O) groups excluding carboxylic acids is 2. The predicted molar refractivity (Wildman–Crippen MR) is 113 cm³/mol. The number of hydrogen-bond acceptors (Lipinski definition) is 5. The van der Waals surface area contributed by atoms with Crippen molar-refractivity contribution in [3.05, 3.63) is 54.4 Å². The second kappa shape index (κ2) is 9.42. The number of thioether (sulfide) groups is 1. The van der Waals surface area contributed by atoms with Gasteiger partial charge in [0.25, 0.3) is 11.7 Å². The molecule has 2 aromatic heterocycles. The molecule has 0 spiro atoms. The summed E-state index contributed by atoms with van der Waals surface area (Å²) >= 11 is 0.340. The third-order valence-corrected chi connectivity index (χ3v) is 5.91. The number of likely N-dealkylation sites (tertiary alicyclic amines) is 1. The average molecular weight is 445 g/mol. The van der Waals surface area contributed by atoms with E-state index in [4.69, 9.17) is 0 Å². The van der Waals surface area contributed by atoms with Crippen LogP contribution in [0, 0.1) is 0 Å². The lowest BCUT2D eigenvalue weighted by Crippen LogP contribution is -2.47. The van der Waals surface area contributed by atoms with Crippen LogP contribution in [-0.2, 0) is 11.3 Å². The van der Waals surface area contributed by atoms with Gasteiger partial charge in [0.05, 0.1) is 16.6 Å². The lowest BCUT2D eigenvalue weighted by atomic mass is 10.0. The molecule has 0 bridgehead atoms. The molecule has 1 N–H and O–H groups in total. The van der Waals surface area contributed by atoms with Gasteiger partial charge in [-0.2, -0.15) is 8.78 Å². The third kappa shape index (κ3) is 5.01. The Labute approximate surface area is 181 Å². The summed E-state index contributed by atoms with van der Waals surface area (Å²) in [4.78, 5) is 35.1. The monoisotopic (exact) mass is 445 g/mol. The van der Waals surface area contributed by atoms with E-state index in [9.17, 15) is 18.4 Å². The predicted octanol–water partition coefficient (Wildman–Crippen LogP) is 3.17. The topological polar surface area (TPSA) is 80.1 Å². The molecule has 1 aliphatic heterocycles. The number of nitrogens with zero attached hydrogens (tertiary/aromatic N) is 4. The van der Waals surface area contributed by atoms with Gasteiger partial charge < -0.3 is 14.8 Å². The smallest absolute Gasteiger partial charge is 0.291 e. The van der Waals surface area contributed by atoms with Gasteiger partial charge in [0.2, 0.25) is 5.91 Å². The SMILES string of the molecule is O=C(NC1CCN(C(=O)Cn2c(SC(F)F)nc3ccccc32)CC1)c1cccnc1. The highest BCUT2D eigenvalue weighted by Crippen LogP contribution is 2.28. The van der Waals surface area contributed by atoms with Gasteiger partial charge in [-0.25, -0.2) is 4.98 Å². The van der Waals surface area contributed by atoms with Gasteiger partial charge in [0.1, 0.15) is 6.54 Å². The summed E-state index contributed by atoms with van der Waals surface area (Å²) in [5, 5.41) is 3.10. The number of imidazole rings is 1. The van der Waals surface area contributed by atoms with Gasteiger partial charge >= 0.3 is 0 Å². The number of rotatable bonds is 6. The molecule has 7 nitrogen and oxygen atoms in total. The molecule has 0 aliphatic carbocycles. The minimum atomic E-state index is -2.62. The number of pyridine rings is 1. The standard InChI is InChI=1S/C21H21F2N5O2S/c22-20(23)31-21-26-16-5-1-2-6-17(16)28(21)13-18(29)27-10-7-15(8-11-27)25-19(30)14-4-3-9-24-12-14/h1-6,9,12,15,20H,7-8,10-11,13H2,(H,25,30). The molecule has 0 radical (unpaired) electrons. The van der Waals surface area contributed by atoms with Crippen LogP contribution >= 0.6 is 11.8 Å². The Morgan fingerprint density at radius 1 is 1.16 bits per heavy atom. The largest absolute Gasteiger partial charge is 0.349 e. The zero-order valence-electron chi connectivity index (χ0n) is 16.6. The highest BCUT2D eigenvalue weighted by Gasteiger charge is 2.26. The van der Waals surface area contributed by atoms with E-state index in [1.807, 2.05) is 0 Å². The molecule has 162 valence electrons. The van der Waals surface area contributed by atoms with Crippen LogP contribution in [0.4, 0.5) is 8.78 Å². The fourth-order valence-electron chi connectivity index (χ4n) is 3.65. The van der Waals surface area contributed by atoms with Crippen LogP contribution in [0.25, 0.3) is 11.0 Å². The van der Waals surface area contributed by atoms with Crippen LogP contribution in [0.2, 0.25) is 0 Å². The maximum absolute atomic E-state index is 13.0. The van der Waals surface area contributed by atoms with Crippen LogP contribution in [0.5, 0.6) is 0 Å². The maximum Gasteiger partial charge on any atom is 0.291 e. The van der Waals surface area contributed by atoms with Gasteiger partial charge in [-0.3, -0.25) is 14.6 Å². The molecule has 3 aromatic rings. The lowest BCUT2D eigenvalue weighted by molar-refractivity contribution is -0.133. The van der Waals surface area contributed by atoms with E-state index in [0.717, 1.165) is 0 Å². The highest BCUT2D eigenvalue weighted by atomic mass is 32.2. The summed E-state index contributed by atoms with van der Waals surface area (Å²) < 4.78 is 27.5. The molecule has 1 fully saturated rings. The summed E-state index contributed by atoms with van der Waals surface area (Å²) in [6.07, 6.45) is 4.37. The van der Waals surface area contributed by atoms with Crippen LogP contribution in [0.1, 0.15) is 23.2 Å². The number of nitrogens with one attached hydrogen (secondary N) is 1. The average Bonchev–Trinajstić information content (AvgIpc) is 3.11. The Morgan fingerprint density at radius 3 is 2.65 bits per heavy atom. The number of para-hydroxylation sites is 2. The lowest BCUT2D eigenvalue weighted by Gasteiger charge is -2.32. The third-order valence-electron chi connectivity index (χ3n) is 5.21. The molecule has 1 saturated heterocycles. The van der Waals surface area contributed by atoms with Crippen molar-refractivity contribution in [1.82, 2.24) is 24.8 Å². The molecule has 4 rings (SSSR count). The first-order chi connectivity index (χ1) is 15.0. The first kappa shape index (κ1) is 21.2. The van der Waals surface area contributed by atoms with E-state index in [-0.39, 0.29) is 29.6 Å². The Morgan fingerprint density at radius 2 is 1.94 bits per heavy atom. The summed E-state index contributed by atoms with van der Waals surface area (Å²) in [5.41, 5.74) is 1.73. The molecule has 0 unspecified atom stereocenters. The first-order valence-corrected chi connectivity index (χ1v) is 10.8. The fourth-order valence-corrected chi connectivity index (χ4v) is 4.25. The van der Waals surface area contributed by atoms with Gasteiger partial charge in [-0.05, 0) is 48.9 Å². The van der Waals surface area contributed by atoms with Gasteiger partial charge in [0.15, 0.2) is 5.16 Å². The van der Waals surface area contributed by atoms with Crippen molar-refractivity contribution in [3.8, 4) is 0 Å². The number of hydrogen-bond donors (Lipinski definition) is 1. The molecule has 3 heterocycles. The molecule has 10 heteroatoms. The van der Waals surface area contributed by atoms with Crippen molar-refractivity contribution < 1.29 is 18.4 Å². The summed E-state index contributed by atoms with van der Waals surface area (Å²) in [7, 11) is 0. The second-order valence-corrected chi connectivity index (χ2v) is 8.18. The molecule has 2 amide bonds. The minimum Gasteiger partial charge on any atom is -0.349 e. The number of benzene rings is 1. The Kier molecular flexibility index (Phi) is 6.45. The number of amides is 2. The molecule has 0 saturated carbocycles. The molecular weight excluding hydrogens is 424 g/mol. The van der Waals surface area contributed by atoms with Crippen molar-refractivity contribution in [3.63, 3.8) is 0 Å². The number of carbonyl (C=O) groups is 2. The molecule has 1 aliphatic rings. The van der Waals surface area contributed by atoms with Crippen molar-refractivity contribution in [2.75, 3.05) is 13.1 Å². The zero-order valence-corrected chi connectivity index (χ0v) is 17.4. The highest BCUT2D eigenvalue weighted by molar-refractivity contribution is 7.99. The number of fused-ring (bicyclic) bond motifs is 1. The second-order valence-electron chi connectivity index (χ2n) is 7.22. The van der Waals surface area contributed by atoms with Crippen LogP contribution in [-0.4, -0.2) is 56.1 Å². The van der Waals surface area contributed by atoms with E-state index in [1.165, 1.54) is 6.20 Å². The number of aromatic nitrogens is 3. The van der Waals surface area contributed by atoms with Crippen molar-refractivity contribution in [1.29, 1.82) is 0 Å². The summed E-state index contributed by atoms with van der Waals surface area (Å²) in [6.45, 7) is 0.920. The Bertz CT molecular complexity index is 1070. The van der Waals surface area contributed by atoms with Gasteiger partial charge in [0, 0.05) is 31.5 Å². The van der Waals surface area contributed by atoms with E-state index in [1.54, 1.807) is 52.1 Å². The van der Waals surface area contributed by atoms with Crippen LogP contribution in [0.3, 0.4) is 0 Å². The molecule has 1 aromatic carbocycles. The molecular formula is C21H21F2N5O2S. The summed E-state index contributed by atoms with van der Waals surface area (Å²) in [5.74, 6) is -2.96. The van der Waals surface area contributed by atoms with Gasteiger partial charge in [-0.1, -0.05) is 12.1 Å². The van der Waals surface area contributed by atoms with Crippen molar-refractivity contribution in [2.45, 2.75) is 36.3 Å². The first-order valence-electron chi connectivity index (χ1n) is 9.90. The van der Waals surface area contributed by atoms with Crippen LogP contribution < -0.4 is 5.32 Å². The van der Waals surface area contributed by atoms with E-state index < -0.39 is 5.76 Å².